The zero-order valence-electron chi connectivity index (χ0n) is 13.3. The quantitative estimate of drug-likeness (QED) is 0.684. The van der Waals surface area contributed by atoms with Crippen molar-refractivity contribution in [2.24, 2.45) is 23.7 Å². The maximum absolute atomic E-state index is 12.7. The van der Waals surface area contributed by atoms with E-state index in [1.807, 2.05) is 0 Å². The Hall–Kier alpha value is -2.63. The number of amides is 3. The van der Waals surface area contributed by atoms with Crippen molar-refractivity contribution in [2.45, 2.75) is 13.3 Å². The molecule has 1 saturated carbocycles. The van der Waals surface area contributed by atoms with E-state index in [9.17, 15) is 14.4 Å². The summed E-state index contributed by atoms with van der Waals surface area (Å²) in [5, 5.41) is 2.59. The third-order valence-corrected chi connectivity index (χ3v) is 5.12. The molecule has 1 saturated heterocycles. The molecule has 6 heteroatoms. The molecule has 1 N–H and O–H groups in total. The summed E-state index contributed by atoms with van der Waals surface area (Å²) in [7, 11) is 0. The smallest absolute Gasteiger partial charge is 0.411 e. The van der Waals surface area contributed by atoms with Crippen LogP contribution < -0.4 is 10.2 Å². The monoisotopic (exact) mass is 326 g/mol. The Labute approximate surface area is 139 Å². The molecular formula is C18H18N2O4. The first-order valence-corrected chi connectivity index (χ1v) is 8.20. The van der Waals surface area contributed by atoms with E-state index in [1.54, 1.807) is 31.2 Å². The van der Waals surface area contributed by atoms with Crippen LogP contribution in [0.3, 0.4) is 0 Å². The average Bonchev–Trinajstić information content (AvgIpc) is 3.23. The number of imide groups is 1. The zero-order chi connectivity index (χ0) is 16.8. The predicted molar refractivity (Wildman–Crippen MR) is 87.3 cm³/mol. The molecule has 2 fully saturated rings. The largest absolute Gasteiger partial charge is 0.450 e. The van der Waals surface area contributed by atoms with Gasteiger partial charge in [0, 0.05) is 5.69 Å². The number of hydrogen-bond donors (Lipinski definition) is 1. The molecular weight excluding hydrogens is 308 g/mol. The molecule has 4 rings (SSSR count). The van der Waals surface area contributed by atoms with E-state index in [0.29, 0.717) is 18.0 Å². The van der Waals surface area contributed by atoms with E-state index in [4.69, 9.17) is 4.74 Å². The summed E-state index contributed by atoms with van der Waals surface area (Å²) in [6.45, 7) is 2.02. The summed E-state index contributed by atoms with van der Waals surface area (Å²) < 4.78 is 4.82. The van der Waals surface area contributed by atoms with Gasteiger partial charge in [-0.05, 0) is 49.4 Å². The summed E-state index contributed by atoms with van der Waals surface area (Å²) in [5.74, 6) is -0.215. The van der Waals surface area contributed by atoms with Crippen LogP contribution in [0.15, 0.2) is 36.4 Å². The van der Waals surface area contributed by atoms with Crippen molar-refractivity contribution in [3.8, 4) is 0 Å². The van der Waals surface area contributed by atoms with E-state index in [1.165, 1.54) is 4.90 Å². The molecule has 3 aliphatic rings. The molecule has 0 unspecified atom stereocenters. The second-order valence-corrected chi connectivity index (χ2v) is 6.40. The highest BCUT2D eigenvalue weighted by Gasteiger charge is 2.59. The molecule has 1 aromatic carbocycles. The van der Waals surface area contributed by atoms with Gasteiger partial charge in [-0.1, -0.05) is 12.2 Å². The van der Waals surface area contributed by atoms with Crippen molar-refractivity contribution < 1.29 is 19.1 Å². The number of allylic oxidation sites excluding steroid dienone is 2. The minimum Gasteiger partial charge on any atom is -0.450 e. The molecule has 0 aromatic heterocycles. The van der Waals surface area contributed by atoms with Gasteiger partial charge in [0.2, 0.25) is 11.8 Å². The van der Waals surface area contributed by atoms with Crippen LogP contribution in [-0.4, -0.2) is 24.5 Å². The van der Waals surface area contributed by atoms with E-state index in [2.05, 4.69) is 17.5 Å². The molecule has 124 valence electrons. The highest BCUT2D eigenvalue weighted by atomic mass is 16.5. The Morgan fingerprint density at radius 1 is 1.12 bits per heavy atom. The zero-order valence-corrected chi connectivity index (χ0v) is 13.3. The minimum atomic E-state index is -0.532. The molecule has 2 bridgehead atoms. The fourth-order valence-electron chi connectivity index (χ4n) is 4.14. The fraction of sp³-hybridized carbons (Fsp3) is 0.389. The normalized spacial score (nSPS) is 30.0. The number of hydrogen-bond acceptors (Lipinski definition) is 4. The lowest BCUT2D eigenvalue weighted by atomic mass is 9.85. The predicted octanol–water partition coefficient (Wildman–Crippen LogP) is 2.57. The van der Waals surface area contributed by atoms with E-state index in [0.717, 1.165) is 6.42 Å². The van der Waals surface area contributed by atoms with Gasteiger partial charge in [-0.3, -0.25) is 19.8 Å². The first-order valence-electron chi connectivity index (χ1n) is 8.20. The summed E-state index contributed by atoms with van der Waals surface area (Å²) in [4.78, 5) is 38.1. The summed E-state index contributed by atoms with van der Waals surface area (Å²) in [5.41, 5.74) is 1.10. The SMILES string of the molecule is CCOC(=O)Nc1ccc(N2C(=O)[C@@H]3[C@H](C2=O)[C@H]2C=C[C@H]3C2)cc1. The Balaban J connectivity index is 1.53. The van der Waals surface area contributed by atoms with E-state index in [-0.39, 0.29) is 35.5 Å². The highest BCUT2D eigenvalue weighted by molar-refractivity contribution is 6.22. The first-order chi connectivity index (χ1) is 11.6. The molecule has 3 amide bonds. The van der Waals surface area contributed by atoms with Crippen molar-refractivity contribution >= 4 is 29.3 Å². The van der Waals surface area contributed by atoms with Crippen molar-refractivity contribution in [3.05, 3.63) is 36.4 Å². The maximum Gasteiger partial charge on any atom is 0.411 e. The summed E-state index contributed by atoms with van der Waals surface area (Å²) in [6.07, 6.45) is 4.54. The van der Waals surface area contributed by atoms with Crippen LogP contribution in [0.2, 0.25) is 0 Å². The topological polar surface area (TPSA) is 75.7 Å². The molecule has 24 heavy (non-hydrogen) atoms. The number of rotatable bonds is 3. The molecule has 4 atom stereocenters. The Bertz CT molecular complexity index is 710. The Kier molecular flexibility index (Phi) is 3.40. The van der Waals surface area contributed by atoms with Crippen LogP contribution in [-0.2, 0) is 14.3 Å². The first kappa shape index (κ1) is 14.9. The van der Waals surface area contributed by atoms with Gasteiger partial charge in [-0.25, -0.2) is 4.79 Å². The van der Waals surface area contributed by atoms with Crippen LogP contribution in [0.25, 0.3) is 0 Å². The molecule has 1 aromatic rings. The fourth-order valence-corrected chi connectivity index (χ4v) is 4.14. The standard InChI is InChI=1S/C18H18N2O4/c1-2-24-18(23)19-12-5-7-13(8-6-12)20-16(21)14-10-3-4-11(9-10)15(14)17(20)22/h3-8,10-11,14-15H,2,9H2,1H3,(H,19,23)/t10-,11-,14-,15+/m0/s1. The number of carbonyl (C=O) groups is 3. The van der Waals surface area contributed by atoms with Crippen molar-refractivity contribution in [1.82, 2.24) is 0 Å². The van der Waals surface area contributed by atoms with Gasteiger partial charge < -0.3 is 4.74 Å². The number of nitrogens with zero attached hydrogens (tertiary/aromatic N) is 1. The van der Waals surface area contributed by atoms with Gasteiger partial charge in [0.05, 0.1) is 24.1 Å². The number of nitrogens with one attached hydrogen (secondary N) is 1. The van der Waals surface area contributed by atoms with E-state index >= 15 is 0 Å². The van der Waals surface area contributed by atoms with Gasteiger partial charge >= 0.3 is 6.09 Å². The Morgan fingerprint density at radius 2 is 1.71 bits per heavy atom. The molecule has 0 spiro atoms. The molecule has 1 aliphatic heterocycles. The lowest BCUT2D eigenvalue weighted by molar-refractivity contribution is -0.123. The number of benzene rings is 1. The number of anilines is 2. The molecule has 6 nitrogen and oxygen atoms in total. The van der Waals surface area contributed by atoms with Gasteiger partial charge in [0.15, 0.2) is 0 Å². The van der Waals surface area contributed by atoms with Gasteiger partial charge in [0.25, 0.3) is 0 Å². The third kappa shape index (κ3) is 2.13. The third-order valence-electron chi connectivity index (χ3n) is 5.12. The lowest BCUT2D eigenvalue weighted by Crippen LogP contribution is -2.32. The summed E-state index contributed by atoms with van der Waals surface area (Å²) >= 11 is 0. The second kappa shape index (κ2) is 5.47. The van der Waals surface area contributed by atoms with Crippen molar-refractivity contribution in [2.75, 3.05) is 16.8 Å². The molecule has 1 heterocycles. The van der Waals surface area contributed by atoms with Crippen LogP contribution in [0, 0.1) is 23.7 Å². The number of fused-ring (bicyclic) bond motifs is 5. The van der Waals surface area contributed by atoms with Gasteiger partial charge in [-0.15, -0.1) is 0 Å². The van der Waals surface area contributed by atoms with Gasteiger partial charge in [-0.2, -0.15) is 0 Å². The van der Waals surface area contributed by atoms with Crippen LogP contribution in [0.5, 0.6) is 0 Å². The van der Waals surface area contributed by atoms with Crippen LogP contribution in [0.4, 0.5) is 16.2 Å². The van der Waals surface area contributed by atoms with Crippen molar-refractivity contribution in [1.29, 1.82) is 0 Å². The molecule has 0 radical (unpaired) electrons. The van der Waals surface area contributed by atoms with Crippen LogP contribution >= 0.6 is 0 Å². The van der Waals surface area contributed by atoms with E-state index < -0.39 is 6.09 Å². The van der Waals surface area contributed by atoms with Crippen molar-refractivity contribution in [3.63, 3.8) is 0 Å². The summed E-state index contributed by atoms with van der Waals surface area (Å²) in [6, 6.07) is 6.67. The maximum atomic E-state index is 12.7. The Morgan fingerprint density at radius 3 is 2.25 bits per heavy atom. The second-order valence-electron chi connectivity index (χ2n) is 6.40. The average molecular weight is 326 g/mol. The highest BCUT2D eigenvalue weighted by Crippen LogP contribution is 2.53. The molecule has 2 aliphatic carbocycles. The van der Waals surface area contributed by atoms with Crippen LogP contribution in [0.1, 0.15) is 13.3 Å². The van der Waals surface area contributed by atoms with Gasteiger partial charge in [0.1, 0.15) is 0 Å². The number of ether oxygens (including phenoxy) is 1. The lowest BCUT2D eigenvalue weighted by Gasteiger charge is -2.17. The minimum absolute atomic E-state index is 0.104. The number of carbonyl (C=O) groups excluding carboxylic acids is 3.